The van der Waals surface area contributed by atoms with E-state index in [1.54, 1.807) is 24.3 Å². The molecule has 0 N–H and O–H groups in total. The number of rotatable bonds is 3. The molecule has 1 aromatic rings. The average Bonchev–Trinajstić information content (AvgIpc) is 2.39. The molecule has 1 fully saturated rings. The maximum Gasteiger partial charge on any atom is 0.243 e. The summed E-state index contributed by atoms with van der Waals surface area (Å²) in [5.74, 6) is 0.759. The highest BCUT2D eigenvalue weighted by Gasteiger charge is 2.29. The highest BCUT2D eigenvalue weighted by atomic mass is 35.5. The molecule has 0 radical (unpaired) electrons. The van der Waals surface area contributed by atoms with Gasteiger partial charge in [0.1, 0.15) is 0 Å². The van der Waals surface area contributed by atoms with E-state index in [-0.39, 0.29) is 5.92 Å². The van der Waals surface area contributed by atoms with Crippen LogP contribution < -0.4 is 0 Å². The van der Waals surface area contributed by atoms with Gasteiger partial charge in [-0.25, -0.2) is 8.42 Å². The van der Waals surface area contributed by atoms with E-state index in [2.05, 4.69) is 0 Å². The van der Waals surface area contributed by atoms with Crippen LogP contribution in [0, 0.1) is 5.92 Å². The number of sulfonamides is 1. The molecular weight excluding hydrogens is 293 g/mol. The van der Waals surface area contributed by atoms with Gasteiger partial charge in [0, 0.05) is 24.0 Å². The largest absolute Gasteiger partial charge is 0.243 e. The van der Waals surface area contributed by atoms with Crippen molar-refractivity contribution in [2.24, 2.45) is 5.92 Å². The van der Waals surface area contributed by atoms with E-state index >= 15 is 0 Å². The monoisotopic (exact) mass is 307 g/mol. The Hall–Kier alpha value is -0.290. The fourth-order valence-corrected chi connectivity index (χ4v) is 4.06. The van der Waals surface area contributed by atoms with E-state index in [1.165, 1.54) is 4.31 Å². The van der Waals surface area contributed by atoms with E-state index in [0.29, 0.717) is 28.9 Å². The summed E-state index contributed by atoms with van der Waals surface area (Å²) in [6.45, 7) is 1.08. The van der Waals surface area contributed by atoms with Crippen molar-refractivity contribution in [1.29, 1.82) is 0 Å². The van der Waals surface area contributed by atoms with Crippen molar-refractivity contribution in [2.75, 3.05) is 19.0 Å². The van der Waals surface area contributed by atoms with E-state index in [1.807, 2.05) is 0 Å². The number of hydrogen-bond acceptors (Lipinski definition) is 2. The van der Waals surface area contributed by atoms with Crippen LogP contribution in [0.1, 0.15) is 12.8 Å². The first-order chi connectivity index (χ1) is 8.54. The smallest absolute Gasteiger partial charge is 0.207 e. The maximum absolute atomic E-state index is 12.4. The molecule has 1 aromatic carbocycles. The zero-order valence-electron chi connectivity index (χ0n) is 9.85. The summed E-state index contributed by atoms with van der Waals surface area (Å²) in [4.78, 5) is 0.294. The van der Waals surface area contributed by atoms with Gasteiger partial charge in [0.15, 0.2) is 0 Å². The first-order valence-electron chi connectivity index (χ1n) is 5.85. The third kappa shape index (κ3) is 2.99. The molecule has 0 bridgehead atoms. The van der Waals surface area contributed by atoms with E-state index < -0.39 is 10.0 Å². The number of benzene rings is 1. The molecule has 100 valence electrons. The van der Waals surface area contributed by atoms with Crippen LogP contribution in [-0.2, 0) is 10.0 Å². The summed E-state index contributed by atoms with van der Waals surface area (Å²) < 4.78 is 26.3. The van der Waals surface area contributed by atoms with Crippen LogP contribution in [0.15, 0.2) is 29.2 Å². The molecular formula is C12H15Cl2NO2S. The van der Waals surface area contributed by atoms with Crippen LogP contribution in [0.4, 0.5) is 0 Å². The fraction of sp³-hybridized carbons (Fsp3) is 0.500. The van der Waals surface area contributed by atoms with Gasteiger partial charge in [0.25, 0.3) is 0 Å². The standard InChI is InChI=1S/C12H15Cl2NO2S/c13-8-10-2-1-7-15(9-10)18(16,17)12-5-3-11(14)4-6-12/h3-6,10H,1-2,7-9H2. The summed E-state index contributed by atoms with van der Waals surface area (Å²) in [6, 6.07) is 6.28. The Kier molecular flexibility index (Phi) is 4.54. The van der Waals surface area contributed by atoms with Crippen LogP contribution in [0.25, 0.3) is 0 Å². The molecule has 1 unspecified atom stereocenters. The van der Waals surface area contributed by atoms with Crippen LogP contribution >= 0.6 is 23.2 Å². The Morgan fingerprint density at radius 3 is 2.56 bits per heavy atom. The van der Waals surface area contributed by atoms with Gasteiger partial charge in [0.05, 0.1) is 4.90 Å². The zero-order chi connectivity index (χ0) is 13.2. The summed E-state index contributed by atoms with van der Waals surface area (Å²) in [7, 11) is -3.41. The molecule has 1 aliphatic heterocycles. The fourth-order valence-electron chi connectivity index (χ4n) is 2.13. The quantitative estimate of drug-likeness (QED) is 0.805. The van der Waals surface area contributed by atoms with Crippen LogP contribution in [0.2, 0.25) is 5.02 Å². The molecule has 0 aromatic heterocycles. The van der Waals surface area contributed by atoms with Gasteiger partial charge in [-0.1, -0.05) is 11.6 Å². The summed E-state index contributed by atoms with van der Waals surface area (Å²) in [5.41, 5.74) is 0. The normalized spacial score (nSPS) is 22.0. The average molecular weight is 308 g/mol. The van der Waals surface area contributed by atoms with Crippen molar-refractivity contribution >= 4 is 33.2 Å². The van der Waals surface area contributed by atoms with Gasteiger partial charge >= 0.3 is 0 Å². The molecule has 0 aliphatic carbocycles. The van der Waals surface area contributed by atoms with Crippen molar-refractivity contribution in [3.8, 4) is 0 Å². The number of piperidine rings is 1. The Balaban J connectivity index is 2.22. The molecule has 1 aliphatic rings. The molecule has 2 rings (SSSR count). The minimum atomic E-state index is -3.41. The van der Waals surface area contributed by atoms with Gasteiger partial charge in [-0.15, -0.1) is 11.6 Å². The number of hydrogen-bond donors (Lipinski definition) is 0. The zero-order valence-corrected chi connectivity index (χ0v) is 12.2. The maximum atomic E-state index is 12.4. The molecule has 1 heterocycles. The summed E-state index contributed by atoms with van der Waals surface area (Å²) >= 11 is 11.6. The first kappa shape index (κ1) is 14.1. The van der Waals surface area contributed by atoms with Crippen molar-refractivity contribution in [1.82, 2.24) is 4.31 Å². The van der Waals surface area contributed by atoms with Gasteiger partial charge in [-0.2, -0.15) is 4.31 Å². The van der Waals surface area contributed by atoms with Gasteiger partial charge in [-0.05, 0) is 43.0 Å². The highest BCUT2D eigenvalue weighted by Crippen LogP contribution is 2.25. The molecule has 1 saturated heterocycles. The lowest BCUT2D eigenvalue weighted by Crippen LogP contribution is -2.40. The Morgan fingerprint density at radius 1 is 1.28 bits per heavy atom. The summed E-state index contributed by atoms with van der Waals surface area (Å²) in [5, 5.41) is 0.534. The summed E-state index contributed by atoms with van der Waals surface area (Å²) in [6.07, 6.45) is 1.86. The molecule has 18 heavy (non-hydrogen) atoms. The third-order valence-corrected chi connectivity index (χ3v) is 5.72. The predicted molar refractivity (Wildman–Crippen MR) is 73.7 cm³/mol. The second-order valence-electron chi connectivity index (χ2n) is 4.48. The van der Waals surface area contributed by atoms with Crippen LogP contribution in [-0.4, -0.2) is 31.7 Å². The minimum Gasteiger partial charge on any atom is -0.207 e. The topological polar surface area (TPSA) is 37.4 Å². The lowest BCUT2D eigenvalue weighted by atomic mass is 10.0. The first-order valence-corrected chi connectivity index (χ1v) is 8.21. The minimum absolute atomic E-state index is 0.252. The second-order valence-corrected chi connectivity index (χ2v) is 7.16. The second kappa shape index (κ2) is 5.78. The number of halogens is 2. The van der Waals surface area contributed by atoms with Crippen LogP contribution in [0.3, 0.4) is 0 Å². The predicted octanol–water partition coefficient (Wildman–Crippen LogP) is 2.98. The van der Waals surface area contributed by atoms with Crippen molar-refractivity contribution < 1.29 is 8.42 Å². The Labute approximate surface area is 118 Å². The van der Waals surface area contributed by atoms with Gasteiger partial charge < -0.3 is 0 Å². The van der Waals surface area contributed by atoms with Crippen molar-refractivity contribution in [2.45, 2.75) is 17.7 Å². The van der Waals surface area contributed by atoms with E-state index in [0.717, 1.165) is 12.8 Å². The van der Waals surface area contributed by atoms with Gasteiger partial charge in [-0.3, -0.25) is 0 Å². The van der Waals surface area contributed by atoms with Crippen molar-refractivity contribution in [3.63, 3.8) is 0 Å². The van der Waals surface area contributed by atoms with Gasteiger partial charge in [0.2, 0.25) is 10.0 Å². The molecule has 3 nitrogen and oxygen atoms in total. The molecule has 0 spiro atoms. The lowest BCUT2D eigenvalue weighted by Gasteiger charge is -2.30. The molecule has 0 amide bonds. The molecule has 0 saturated carbocycles. The van der Waals surface area contributed by atoms with Crippen LogP contribution in [0.5, 0.6) is 0 Å². The Bertz CT molecular complexity index is 501. The lowest BCUT2D eigenvalue weighted by molar-refractivity contribution is 0.283. The van der Waals surface area contributed by atoms with E-state index in [4.69, 9.17) is 23.2 Å². The SMILES string of the molecule is O=S(=O)(c1ccc(Cl)cc1)N1CCCC(CCl)C1. The third-order valence-electron chi connectivity index (χ3n) is 3.15. The molecule has 6 heteroatoms. The highest BCUT2D eigenvalue weighted by molar-refractivity contribution is 7.89. The molecule has 1 atom stereocenters. The number of nitrogens with zero attached hydrogens (tertiary/aromatic N) is 1. The van der Waals surface area contributed by atoms with E-state index in [9.17, 15) is 8.42 Å². The Morgan fingerprint density at radius 2 is 1.94 bits per heavy atom. The number of alkyl halides is 1. The van der Waals surface area contributed by atoms with Crippen molar-refractivity contribution in [3.05, 3.63) is 29.3 Å².